The monoisotopic (exact) mass is 299 g/mol. The molecule has 1 unspecified atom stereocenters. The molecule has 20 heavy (non-hydrogen) atoms. The zero-order chi connectivity index (χ0) is 15.3. The van der Waals surface area contributed by atoms with Crippen molar-refractivity contribution in [1.82, 2.24) is 15.3 Å². The summed E-state index contributed by atoms with van der Waals surface area (Å²) in [6.07, 6.45) is 1.84. The van der Waals surface area contributed by atoms with Crippen molar-refractivity contribution in [3.63, 3.8) is 0 Å². The lowest BCUT2D eigenvalue weighted by atomic mass is 10.0. The number of hydrogen-bond donors (Lipinski definition) is 3. The summed E-state index contributed by atoms with van der Waals surface area (Å²) in [6, 6.07) is 0.0332. The van der Waals surface area contributed by atoms with Gasteiger partial charge in [0.25, 0.3) is 11.5 Å². The Hall–Kier alpha value is -1.83. The Morgan fingerprint density at radius 1 is 1.50 bits per heavy atom. The van der Waals surface area contributed by atoms with Crippen LogP contribution in [0.2, 0.25) is 0 Å². The van der Waals surface area contributed by atoms with Crippen molar-refractivity contribution in [2.45, 2.75) is 25.6 Å². The number of carboxylic acids is 1. The van der Waals surface area contributed by atoms with Gasteiger partial charge in [0.1, 0.15) is 17.6 Å². The van der Waals surface area contributed by atoms with Crippen LogP contribution < -0.4 is 10.9 Å². The predicted octanol–water partition coefficient (Wildman–Crippen LogP) is 0.472. The van der Waals surface area contributed by atoms with Gasteiger partial charge in [-0.05, 0) is 12.2 Å². The van der Waals surface area contributed by atoms with E-state index in [1.807, 2.05) is 6.26 Å². The molecule has 0 spiro atoms. The van der Waals surface area contributed by atoms with Crippen LogP contribution in [0.5, 0.6) is 0 Å². The SMILES string of the molecule is CSCc1nc(C(=O)NC(C(=O)O)C(C)C)cc(=O)[nH]1. The lowest BCUT2D eigenvalue weighted by Crippen LogP contribution is -2.44. The Kier molecular flexibility index (Phi) is 5.75. The summed E-state index contributed by atoms with van der Waals surface area (Å²) in [5.74, 6) is -1.22. The van der Waals surface area contributed by atoms with Crippen LogP contribution in [0.25, 0.3) is 0 Å². The van der Waals surface area contributed by atoms with Gasteiger partial charge in [-0.1, -0.05) is 13.8 Å². The van der Waals surface area contributed by atoms with E-state index in [0.29, 0.717) is 11.6 Å². The molecular formula is C12H17N3O4S. The molecule has 0 saturated heterocycles. The quantitative estimate of drug-likeness (QED) is 0.704. The molecule has 3 N–H and O–H groups in total. The summed E-state index contributed by atoms with van der Waals surface area (Å²) >= 11 is 1.45. The Morgan fingerprint density at radius 2 is 2.15 bits per heavy atom. The second kappa shape index (κ2) is 7.09. The molecule has 1 atom stereocenters. The number of hydrogen-bond acceptors (Lipinski definition) is 5. The van der Waals surface area contributed by atoms with Gasteiger partial charge in [0, 0.05) is 6.07 Å². The normalized spacial score (nSPS) is 12.2. The molecule has 0 aliphatic carbocycles. The molecule has 0 fully saturated rings. The van der Waals surface area contributed by atoms with E-state index in [1.54, 1.807) is 13.8 Å². The number of aromatic nitrogens is 2. The molecule has 1 rings (SSSR count). The summed E-state index contributed by atoms with van der Waals surface area (Å²) in [6.45, 7) is 3.37. The zero-order valence-corrected chi connectivity index (χ0v) is 12.3. The van der Waals surface area contributed by atoms with Crippen molar-refractivity contribution in [2.75, 3.05) is 6.26 Å². The van der Waals surface area contributed by atoms with Crippen molar-refractivity contribution in [3.05, 3.63) is 27.9 Å². The lowest BCUT2D eigenvalue weighted by Gasteiger charge is -2.17. The fourth-order valence-corrected chi connectivity index (χ4v) is 1.97. The second-order valence-electron chi connectivity index (χ2n) is 4.54. The topological polar surface area (TPSA) is 112 Å². The third kappa shape index (κ3) is 4.37. The fraction of sp³-hybridized carbons (Fsp3) is 0.500. The lowest BCUT2D eigenvalue weighted by molar-refractivity contribution is -0.140. The maximum atomic E-state index is 12.0. The van der Waals surface area contributed by atoms with Crippen molar-refractivity contribution in [1.29, 1.82) is 0 Å². The maximum absolute atomic E-state index is 12.0. The van der Waals surface area contributed by atoms with Crippen LogP contribution in [0.1, 0.15) is 30.2 Å². The number of rotatable bonds is 6. The summed E-state index contributed by atoms with van der Waals surface area (Å²) in [5, 5.41) is 11.4. The number of H-pyrrole nitrogens is 1. The number of amides is 1. The minimum atomic E-state index is -1.12. The van der Waals surface area contributed by atoms with Crippen LogP contribution in [0, 0.1) is 5.92 Å². The second-order valence-corrected chi connectivity index (χ2v) is 5.41. The van der Waals surface area contributed by atoms with E-state index in [4.69, 9.17) is 5.11 Å². The van der Waals surface area contributed by atoms with Crippen LogP contribution in [-0.2, 0) is 10.5 Å². The van der Waals surface area contributed by atoms with Crippen molar-refractivity contribution < 1.29 is 14.7 Å². The minimum Gasteiger partial charge on any atom is -0.480 e. The van der Waals surface area contributed by atoms with Crippen LogP contribution in [0.15, 0.2) is 10.9 Å². The minimum absolute atomic E-state index is 0.0790. The molecule has 1 aromatic rings. The molecule has 110 valence electrons. The van der Waals surface area contributed by atoms with Crippen molar-refractivity contribution >= 4 is 23.6 Å². The summed E-state index contributed by atoms with van der Waals surface area (Å²) < 4.78 is 0. The Morgan fingerprint density at radius 3 is 2.65 bits per heavy atom. The first kappa shape index (κ1) is 16.2. The van der Waals surface area contributed by atoms with E-state index < -0.39 is 23.5 Å². The van der Waals surface area contributed by atoms with Gasteiger partial charge in [-0.25, -0.2) is 9.78 Å². The zero-order valence-electron chi connectivity index (χ0n) is 11.5. The van der Waals surface area contributed by atoms with Crippen molar-refractivity contribution in [2.24, 2.45) is 5.92 Å². The predicted molar refractivity (Wildman–Crippen MR) is 75.8 cm³/mol. The van der Waals surface area contributed by atoms with E-state index in [1.165, 1.54) is 11.8 Å². The summed E-state index contributed by atoms with van der Waals surface area (Å²) in [4.78, 5) is 41.0. The molecule has 1 heterocycles. The highest BCUT2D eigenvalue weighted by Gasteiger charge is 2.24. The molecular weight excluding hydrogens is 282 g/mol. The largest absolute Gasteiger partial charge is 0.480 e. The van der Waals surface area contributed by atoms with Gasteiger partial charge < -0.3 is 15.4 Å². The molecule has 0 aliphatic rings. The first-order valence-electron chi connectivity index (χ1n) is 5.98. The number of aliphatic carboxylic acids is 1. The maximum Gasteiger partial charge on any atom is 0.326 e. The van der Waals surface area contributed by atoms with E-state index in [9.17, 15) is 14.4 Å². The summed E-state index contributed by atoms with van der Waals surface area (Å²) in [5.41, 5.74) is -0.518. The third-order valence-corrected chi connectivity index (χ3v) is 3.09. The molecule has 1 aromatic heterocycles. The van der Waals surface area contributed by atoms with Gasteiger partial charge in [0.15, 0.2) is 0 Å². The molecule has 1 amide bonds. The summed E-state index contributed by atoms with van der Waals surface area (Å²) in [7, 11) is 0. The molecule has 0 aromatic carbocycles. The van der Waals surface area contributed by atoms with E-state index in [2.05, 4.69) is 15.3 Å². The molecule has 8 heteroatoms. The first-order valence-corrected chi connectivity index (χ1v) is 7.37. The van der Waals surface area contributed by atoms with Crippen LogP contribution in [0.4, 0.5) is 0 Å². The number of carbonyl (C=O) groups excluding carboxylic acids is 1. The van der Waals surface area contributed by atoms with Crippen molar-refractivity contribution in [3.8, 4) is 0 Å². The fourth-order valence-electron chi connectivity index (χ4n) is 1.56. The highest BCUT2D eigenvalue weighted by molar-refractivity contribution is 7.97. The Labute approximate surface area is 120 Å². The van der Waals surface area contributed by atoms with E-state index in [0.717, 1.165) is 6.07 Å². The van der Waals surface area contributed by atoms with E-state index >= 15 is 0 Å². The number of nitrogens with one attached hydrogen (secondary N) is 2. The molecule has 0 radical (unpaired) electrons. The van der Waals surface area contributed by atoms with E-state index in [-0.39, 0.29) is 11.6 Å². The smallest absolute Gasteiger partial charge is 0.326 e. The van der Waals surface area contributed by atoms with Gasteiger partial charge in [0.2, 0.25) is 0 Å². The Balaban J connectivity index is 2.97. The number of nitrogens with zero attached hydrogens (tertiary/aromatic N) is 1. The molecule has 0 saturated carbocycles. The average Bonchev–Trinajstić information content (AvgIpc) is 2.34. The molecule has 0 bridgehead atoms. The van der Waals surface area contributed by atoms with Gasteiger partial charge >= 0.3 is 5.97 Å². The van der Waals surface area contributed by atoms with Crippen LogP contribution >= 0.6 is 11.8 Å². The molecule has 0 aliphatic heterocycles. The van der Waals surface area contributed by atoms with Crippen LogP contribution in [0.3, 0.4) is 0 Å². The standard InChI is InChI=1S/C12H17N3O4S/c1-6(2)10(12(18)19)15-11(17)7-4-9(16)14-8(13-7)5-20-3/h4,6,10H,5H2,1-3H3,(H,15,17)(H,18,19)(H,13,14,16). The number of aromatic amines is 1. The number of carboxylic acid groups (broad SMARTS) is 1. The number of thioether (sulfide) groups is 1. The third-order valence-electron chi connectivity index (χ3n) is 2.52. The first-order chi connectivity index (χ1) is 9.35. The van der Waals surface area contributed by atoms with Gasteiger partial charge in [-0.15, -0.1) is 0 Å². The Bertz CT molecular complexity index is 556. The molecule has 7 nitrogen and oxygen atoms in total. The average molecular weight is 299 g/mol. The van der Waals surface area contributed by atoms with Gasteiger partial charge in [-0.2, -0.15) is 11.8 Å². The van der Waals surface area contributed by atoms with Crippen LogP contribution in [-0.4, -0.2) is 39.2 Å². The highest BCUT2D eigenvalue weighted by atomic mass is 32.2. The van der Waals surface area contributed by atoms with Gasteiger partial charge in [0.05, 0.1) is 5.75 Å². The highest BCUT2D eigenvalue weighted by Crippen LogP contribution is 2.05. The van der Waals surface area contributed by atoms with Gasteiger partial charge in [-0.3, -0.25) is 9.59 Å². The number of carbonyl (C=O) groups is 2.